The molecule has 2 aliphatic rings. The molecule has 2 aliphatic carbocycles. The zero-order valence-corrected chi connectivity index (χ0v) is 21.7. The SMILES string of the molecule is COc1nc(-c2cccc(C3(C)CC3)c2)nc(C2C[C@H](CNC(=O)C(C)(C)C(F)(F)F)CCC2Cl)n1. The molecule has 2 fully saturated rings. The maximum Gasteiger partial charge on any atom is 0.402 e. The van der Waals surface area contributed by atoms with Gasteiger partial charge in [0.25, 0.3) is 0 Å². The number of carbonyl (C=O) groups is 1. The Morgan fingerprint density at radius 1 is 1.19 bits per heavy atom. The van der Waals surface area contributed by atoms with Gasteiger partial charge in [-0.3, -0.25) is 4.79 Å². The Balaban J connectivity index is 1.53. The lowest BCUT2D eigenvalue weighted by molar-refractivity contribution is -0.211. The maximum absolute atomic E-state index is 13.2. The number of aromatic nitrogens is 3. The van der Waals surface area contributed by atoms with Gasteiger partial charge in [-0.15, -0.1) is 11.6 Å². The molecule has 1 N–H and O–H groups in total. The Morgan fingerprint density at radius 2 is 1.92 bits per heavy atom. The van der Waals surface area contributed by atoms with Gasteiger partial charge < -0.3 is 10.1 Å². The number of carbonyl (C=O) groups excluding carboxylic acids is 1. The largest absolute Gasteiger partial charge is 0.467 e. The highest BCUT2D eigenvalue weighted by molar-refractivity contribution is 6.21. The van der Waals surface area contributed by atoms with Crippen molar-refractivity contribution in [2.45, 2.75) is 75.8 Å². The standard InChI is InChI=1S/C26H32ClF3N4O2/c1-24(2,26(28,29)30)22(35)31-14-15-8-9-19(27)18(12-15)21-32-20(33-23(34-21)36-4)16-6-5-7-17(13-16)25(3)10-11-25/h5-7,13,15,18-19H,8-12,14H2,1-4H3,(H,31,35)/t15-,18?,19?/m1/s1. The van der Waals surface area contributed by atoms with Crippen molar-refractivity contribution in [3.63, 3.8) is 0 Å². The van der Waals surface area contributed by atoms with Crippen molar-refractivity contribution in [2.75, 3.05) is 13.7 Å². The summed E-state index contributed by atoms with van der Waals surface area (Å²) < 4.78 is 45.0. The van der Waals surface area contributed by atoms with Gasteiger partial charge in [-0.2, -0.15) is 23.1 Å². The topological polar surface area (TPSA) is 77.0 Å². The minimum Gasteiger partial charge on any atom is -0.467 e. The second-order valence-electron chi connectivity index (χ2n) is 10.8. The van der Waals surface area contributed by atoms with Crippen molar-refractivity contribution in [2.24, 2.45) is 11.3 Å². The molecule has 2 saturated carbocycles. The van der Waals surface area contributed by atoms with Gasteiger partial charge >= 0.3 is 12.2 Å². The lowest BCUT2D eigenvalue weighted by Crippen LogP contribution is -2.48. The third-order valence-electron chi connectivity index (χ3n) is 7.67. The summed E-state index contributed by atoms with van der Waals surface area (Å²) in [7, 11) is 1.49. The van der Waals surface area contributed by atoms with Crippen LogP contribution in [0.2, 0.25) is 0 Å². The molecule has 1 heterocycles. The van der Waals surface area contributed by atoms with Crippen LogP contribution in [-0.4, -0.2) is 46.1 Å². The number of benzene rings is 1. The summed E-state index contributed by atoms with van der Waals surface area (Å²) in [5.74, 6) is -0.353. The van der Waals surface area contributed by atoms with Crippen LogP contribution in [0.4, 0.5) is 13.2 Å². The van der Waals surface area contributed by atoms with E-state index < -0.39 is 17.5 Å². The molecule has 2 aromatic rings. The van der Waals surface area contributed by atoms with Crippen molar-refractivity contribution in [3.05, 3.63) is 35.7 Å². The first-order valence-corrected chi connectivity index (χ1v) is 12.7. The van der Waals surface area contributed by atoms with E-state index in [-0.39, 0.29) is 35.2 Å². The molecule has 2 unspecified atom stereocenters. The first kappa shape index (κ1) is 26.6. The molecule has 1 aromatic carbocycles. The molecule has 196 valence electrons. The number of alkyl halides is 4. The van der Waals surface area contributed by atoms with Gasteiger partial charge in [-0.25, -0.2) is 4.98 Å². The summed E-state index contributed by atoms with van der Waals surface area (Å²) in [6.45, 7) is 4.14. The molecule has 0 spiro atoms. The van der Waals surface area contributed by atoms with Gasteiger partial charge in [0.05, 0.1) is 7.11 Å². The number of ether oxygens (including phenoxy) is 1. The number of methoxy groups -OCH3 is 1. The number of nitrogens with one attached hydrogen (secondary N) is 1. The summed E-state index contributed by atoms with van der Waals surface area (Å²) in [6, 6.07) is 8.35. The van der Waals surface area contributed by atoms with E-state index in [0.717, 1.165) is 32.3 Å². The number of hydrogen-bond acceptors (Lipinski definition) is 5. The van der Waals surface area contributed by atoms with Crippen molar-refractivity contribution >= 4 is 17.5 Å². The van der Waals surface area contributed by atoms with Crippen LogP contribution < -0.4 is 10.1 Å². The highest BCUT2D eigenvalue weighted by Gasteiger charge is 2.53. The number of nitrogens with zero attached hydrogens (tertiary/aromatic N) is 3. The van der Waals surface area contributed by atoms with Gasteiger partial charge in [0.15, 0.2) is 5.82 Å². The van der Waals surface area contributed by atoms with E-state index in [4.69, 9.17) is 21.3 Å². The fourth-order valence-corrected chi connectivity index (χ4v) is 4.87. The molecule has 36 heavy (non-hydrogen) atoms. The number of amides is 1. The Morgan fingerprint density at radius 3 is 2.56 bits per heavy atom. The number of rotatable bonds is 7. The third-order valence-corrected chi connectivity index (χ3v) is 8.19. The van der Waals surface area contributed by atoms with E-state index >= 15 is 0 Å². The summed E-state index contributed by atoms with van der Waals surface area (Å²) >= 11 is 6.69. The van der Waals surface area contributed by atoms with Gasteiger partial charge in [0.2, 0.25) is 5.91 Å². The average molecular weight is 525 g/mol. The van der Waals surface area contributed by atoms with E-state index in [9.17, 15) is 18.0 Å². The molecule has 0 radical (unpaired) electrons. The lowest BCUT2D eigenvalue weighted by atomic mass is 9.80. The van der Waals surface area contributed by atoms with Gasteiger partial charge in [-0.05, 0) is 68.9 Å². The minimum absolute atomic E-state index is 0.0534. The minimum atomic E-state index is -4.63. The van der Waals surface area contributed by atoms with Crippen LogP contribution in [0, 0.1) is 11.3 Å². The van der Waals surface area contributed by atoms with E-state index in [1.807, 2.05) is 12.1 Å². The second-order valence-corrected chi connectivity index (χ2v) is 11.3. The Bertz CT molecular complexity index is 1120. The normalized spacial score (nSPS) is 23.7. The van der Waals surface area contributed by atoms with Gasteiger partial charge in [0.1, 0.15) is 11.2 Å². The quantitative estimate of drug-likeness (QED) is 0.464. The van der Waals surface area contributed by atoms with E-state index in [2.05, 4.69) is 34.3 Å². The van der Waals surface area contributed by atoms with Crippen molar-refractivity contribution in [1.29, 1.82) is 0 Å². The molecule has 0 saturated heterocycles. The molecule has 1 amide bonds. The van der Waals surface area contributed by atoms with Crippen LogP contribution >= 0.6 is 11.6 Å². The Hall–Kier alpha value is -2.42. The van der Waals surface area contributed by atoms with E-state index in [1.165, 1.54) is 12.7 Å². The Kier molecular flexibility index (Phi) is 7.25. The average Bonchev–Trinajstić information content (AvgIpc) is 3.60. The number of halogens is 4. The first-order valence-electron chi connectivity index (χ1n) is 12.2. The molecule has 10 heteroatoms. The summed E-state index contributed by atoms with van der Waals surface area (Å²) in [4.78, 5) is 25.9. The molecule has 1 aromatic heterocycles. The zero-order chi connectivity index (χ0) is 26.3. The van der Waals surface area contributed by atoms with Crippen LogP contribution in [0.25, 0.3) is 11.4 Å². The predicted molar refractivity (Wildman–Crippen MR) is 131 cm³/mol. The second kappa shape index (κ2) is 9.80. The molecular weight excluding hydrogens is 493 g/mol. The highest BCUT2D eigenvalue weighted by Crippen LogP contribution is 2.48. The predicted octanol–water partition coefficient (Wildman–Crippen LogP) is 5.79. The maximum atomic E-state index is 13.2. The summed E-state index contributed by atoms with van der Waals surface area (Å²) in [5.41, 5.74) is -0.161. The van der Waals surface area contributed by atoms with E-state index in [1.54, 1.807) is 0 Å². The number of hydrogen-bond donors (Lipinski definition) is 1. The lowest BCUT2D eigenvalue weighted by Gasteiger charge is -2.33. The molecule has 0 aliphatic heterocycles. The van der Waals surface area contributed by atoms with Crippen molar-refractivity contribution in [1.82, 2.24) is 20.3 Å². The van der Waals surface area contributed by atoms with E-state index in [0.29, 0.717) is 30.9 Å². The fourth-order valence-electron chi connectivity index (χ4n) is 4.53. The van der Waals surface area contributed by atoms with Crippen LogP contribution in [0.1, 0.15) is 70.2 Å². The monoisotopic (exact) mass is 524 g/mol. The summed E-state index contributed by atoms with van der Waals surface area (Å²) in [6.07, 6.45) is -0.475. The van der Waals surface area contributed by atoms with Crippen LogP contribution in [0.15, 0.2) is 24.3 Å². The van der Waals surface area contributed by atoms with Crippen LogP contribution in [0.5, 0.6) is 6.01 Å². The fraction of sp³-hybridized carbons (Fsp3) is 0.615. The van der Waals surface area contributed by atoms with Crippen LogP contribution in [0.3, 0.4) is 0 Å². The van der Waals surface area contributed by atoms with Gasteiger partial charge in [0, 0.05) is 23.4 Å². The zero-order valence-electron chi connectivity index (χ0n) is 21.0. The third kappa shape index (κ3) is 5.45. The van der Waals surface area contributed by atoms with Crippen molar-refractivity contribution in [3.8, 4) is 17.4 Å². The molecular formula is C26H32ClF3N4O2. The molecule has 4 rings (SSSR count). The smallest absolute Gasteiger partial charge is 0.402 e. The Labute approximate surface area is 214 Å². The van der Waals surface area contributed by atoms with Crippen LogP contribution in [-0.2, 0) is 10.2 Å². The highest BCUT2D eigenvalue weighted by atomic mass is 35.5. The van der Waals surface area contributed by atoms with Gasteiger partial charge in [-0.1, -0.05) is 25.1 Å². The molecule has 6 nitrogen and oxygen atoms in total. The molecule has 0 bridgehead atoms. The first-order chi connectivity index (χ1) is 16.8. The van der Waals surface area contributed by atoms with Crippen molar-refractivity contribution < 1.29 is 22.7 Å². The molecule has 3 atom stereocenters. The summed E-state index contributed by atoms with van der Waals surface area (Å²) in [5, 5.41) is 2.24.